The quantitative estimate of drug-likeness (QED) is 0.457. The summed E-state index contributed by atoms with van der Waals surface area (Å²) in [6, 6.07) is 0. The number of hydrogen-bond acceptors (Lipinski definition) is 1. The Bertz CT molecular complexity index is 6.00. The van der Waals surface area contributed by atoms with Crippen LogP contribution in [0.15, 0.2) is 0 Å². The molecule has 2 nitrogen and oxygen atoms in total. The zero-order chi connectivity index (χ0) is 2.00. The van der Waals surface area contributed by atoms with Crippen LogP contribution in [0.1, 0.15) is 0 Å². The van der Waals surface area contributed by atoms with Crippen molar-refractivity contribution in [3.05, 3.63) is 0 Å². The molecule has 0 amide bonds. The van der Waals surface area contributed by atoms with Crippen molar-refractivity contribution in [3.8, 4) is 0 Å². The Morgan fingerprint density at radius 3 is 1.25 bits per heavy atom. The first-order valence-corrected chi connectivity index (χ1v) is 1.50. The van der Waals surface area contributed by atoms with Gasteiger partial charge in [0.25, 0.3) is 0 Å². The Hall–Kier alpha value is 1.95. The molecule has 4 heteroatoms. The van der Waals surface area contributed by atoms with Gasteiger partial charge in [0.2, 0.25) is 0 Å². The molecule has 0 spiro atoms. The van der Waals surface area contributed by atoms with E-state index in [0.717, 1.165) is 0 Å². The van der Waals surface area contributed by atoms with Crippen LogP contribution >= 0.6 is 0 Å². The van der Waals surface area contributed by atoms with Gasteiger partial charge in [-0.2, -0.15) is 0 Å². The van der Waals surface area contributed by atoms with E-state index in [1.807, 2.05) is 0 Å². The van der Waals surface area contributed by atoms with Crippen LogP contribution in [-0.4, -0.2) is 54.4 Å². The van der Waals surface area contributed by atoms with Crippen LogP contribution in [-0.2, 0) is 21.8 Å². The van der Waals surface area contributed by atoms with Gasteiger partial charge in [-0.1, -0.05) is 0 Å². The van der Waals surface area contributed by atoms with Crippen LogP contribution in [0.25, 0.3) is 0 Å². The predicted molar refractivity (Wildman–Crippen MR) is 12.8 cm³/mol. The molecule has 0 aromatic carbocycles. The van der Waals surface area contributed by atoms with Gasteiger partial charge in [-0.25, -0.2) is 0 Å². The minimum atomic E-state index is 0. The van der Waals surface area contributed by atoms with Crippen molar-refractivity contribution in [2.75, 3.05) is 0 Å². The van der Waals surface area contributed by atoms with Gasteiger partial charge in [-0.3, -0.25) is 0 Å². The van der Waals surface area contributed by atoms with Gasteiger partial charge in [-0.15, -0.1) is 0 Å². The molecular formula is H4BaO2Zn. The fourth-order valence-corrected chi connectivity index (χ4v) is 0. The molecule has 0 fully saturated rings. The molecule has 0 aromatic heterocycles. The van der Waals surface area contributed by atoms with E-state index < -0.39 is 0 Å². The Kier molecular flexibility index (Phi) is 84.9. The molecule has 0 radical (unpaired) electrons. The van der Waals surface area contributed by atoms with E-state index >= 15 is 0 Å². The molecule has 4 heavy (non-hydrogen) atoms. The predicted octanol–water partition coefficient (Wildman–Crippen LogP) is -1.86. The van der Waals surface area contributed by atoms with Gasteiger partial charge < -0.3 is 5.48 Å². The molecule has 0 aliphatic heterocycles. The average molecular weight is 239 g/mol. The van der Waals surface area contributed by atoms with Gasteiger partial charge in [0, 0.05) is 0 Å². The summed E-state index contributed by atoms with van der Waals surface area (Å²) in [5.41, 5.74) is 0. The van der Waals surface area contributed by atoms with Crippen LogP contribution in [0.4, 0.5) is 0 Å². The Labute approximate surface area is 74.7 Å². The van der Waals surface area contributed by atoms with Crippen LogP contribution in [0.5, 0.6) is 0 Å². The Morgan fingerprint density at radius 1 is 1.25 bits per heavy atom. The maximum atomic E-state index is 8.38. The fraction of sp³-hybridized carbons (Fsp3) is 0. The van der Waals surface area contributed by atoms with Gasteiger partial charge in [-0.05, 0) is 0 Å². The molecule has 20 valence electrons. The molecule has 0 saturated carbocycles. The number of rotatable bonds is 0. The van der Waals surface area contributed by atoms with E-state index in [1.54, 1.807) is 0 Å². The van der Waals surface area contributed by atoms with E-state index in [2.05, 4.69) is 0 Å². The van der Waals surface area contributed by atoms with Gasteiger partial charge in [0.15, 0.2) is 0 Å². The molecule has 0 aromatic rings. The van der Waals surface area contributed by atoms with Crippen LogP contribution in [0.3, 0.4) is 0 Å². The normalized spacial score (nSPS) is 1.50. The second-order valence-corrected chi connectivity index (χ2v) is 0. The molecule has 0 aliphatic carbocycles. The minimum absolute atomic E-state index is 0. The maximum absolute atomic E-state index is 8.38. The van der Waals surface area contributed by atoms with E-state index in [1.165, 1.54) is 0 Å². The molecule has 2 N–H and O–H groups in total. The van der Waals surface area contributed by atoms with Crippen molar-refractivity contribution in [2.45, 2.75) is 0 Å². The summed E-state index contributed by atoms with van der Waals surface area (Å²) in [5, 5.41) is 0. The van der Waals surface area contributed by atoms with Crippen molar-refractivity contribution in [1.82, 2.24) is 0 Å². The van der Waals surface area contributed by atoms with E-state index in [0.29, 0.717) is 0 Å². The summed E-state index contributed by atoms with van der Waals surface area (Å²) >= 11 is 0.125. The first-order valence-electron chi connectivity index (χ1n) is 0.289. The molecule has 0 rings (SSSR count). The molecule has 0 heterocycles. The third kappa shape index (κ3) is 9.04. The Balaban J connectivity index is -0.00000000500. The summed E-state index contributed by atoms with van der Waals surface area (Å²) in [5.74, 6) is 0. The SMILES string of the molecule is O.[BaH2].[O]=[Zn]. The third-order valence-corrected chi connectivity index (χ3v) is 0. The molecule has 0 saturated heterocycles. The summed E-state index contributed by atoms with van der Waals surface area (Å²) in [7, 11) is 0. The van der Waals surface area contributed by atoms with Gasteiger partial charge in [0.1, 0.15) is 0 Å². The Morgan fingerprint density at radius 2 is 1.25 bits per heavy atom. The molecular weight excluding hydrogens is 235 g/mol. The second-order valence-electron chi connectivity index (χ2n) is 0. The third-order valence-electron chi connectivity index (χ3n) is 0. The first-order chi connectivity index (χ1) is 1.00. The summed E-state index contributed by atoms with van der Waals surface area (Å²) in [6.45, 7) is 0. The summed E-state index contributed by atoms with van der Waals surface area (Å²) in [6.07, 6.45) is 0. The molecule has 0 unspecified atom stereocenters. The van der Waals surface area contributed by atoms with E-state index in [9.17, 15) is 0 Å². The summed E-state index contributed by atoms with van der Waals surface area (Å²) < 4.78 is 8.38. The van der Waals surface area contributed by atoms with Crippen molar-refractivity contribution in [1.29, 1.82) is 0 Å². The monoisotopic (exact) mass is 238 g/mol. The fourth-order valence-electron chi connectivity index (χ4n) is 0. The number of hydrogen-bond donors (Lipinski definition) is 0. The van der Waals surface area contributed by atoms with Gasteiger partial charge in [0.05, 0.1) is 0 Å². The van der Waals surface area contributed by atoms with E-state index in [4.69, 9.17) is 3.57 Å². The van der Waals surface area contributed by atoms with Crippen LogP contribution in [0.2, 0.25) is 0 Å². The first kappa shape index (κ1) is 16.7. The van der Waals surface area contributed by atoms with Crippen LogP contribution in [0, 0.1) is 0 Å². The van der Waals surface area contributed by atoms with Crippen molar-refractivity contribution in [2.24, 2.45) is 0 Å². The molecule has 0 aliphatic rings. The van der Waals surface area contributed by atoms with Crippen LogP contribution < -0.4 is 0 Å². The standard InChI is InChI=1S/Ba.H2O.O.Zn.2H/h;1H2;;;;. The topological polar surface area (TPSA) is 48.6 Å². The zero-order valence-corrected chi connectivity index (χ0v) is 4.58. The molecule has 0 bridgehead atoms. The zero-order valence-electron chi connectivity index (χ0n) is 1.62. The van der Waals surface area contributed by atoms with Crippen molar-refractivity contribution >= 4 is 48.9 Å². The molecule has 0 atom stereocenters. The van der Waals surface area contributed by atoms with Gasteiger partial charge >= 0.3 is 70.7 Å². The van der Waals surface area contributed by atoms with Crippen molar-refractivity contribution < 1.29 is 27.3 Å². The average Bonchev–Trinajstić information content (AvgIpc) is 1.00. The van der Waals surface area contributed by atoms with E-state index in [-0.39, 0.29) is 72.6 Å². The van der Waals surface area contributed by atoms with Crippen molar-refractivity contribution in [3.63, 3.8) is 0 Å². The summed E-state index contributed by atoms with van der Waals surface area (Å²) in [4.78, 5) is 0. The second kappa shape index (κ2) is 20.3.